The van der Waals surface area contributed by atoms with Crippen LogP contribution in [0.15, 0.2) is 0 Å². The van der Waals surface area contributed by atoms with Gasteiger partial charge >= 0.3 is 43.1 Å². The molecular weight excluding hydrogens is 325 g/mol. The molecule has 1 N–H and O–H groups in total. The molecule has 0 saturated heterocycles. The third kappa shape index (κ3) is 6.19. The molecule has 0 bridgehead atoms. The summed E-state index contributed by atoms with van der Waals surface area (Å²) in [7, 11) is -2.86. The minimum atomic E-state index is -7.14. The molecule has 0 aromatic carbocycles. The van der Waals surface area contributed by atoms with E-state index in [9.17, 15) is 43.9 Å². The predicted octanol–water partition coefficient (Wildman–Crippen LogP) is 0.154. The average molecular weight is 326 g/mol. The third-order valence-electron chi connectivity index (χ3n) is 1.11. The maximum atomic E-state index is 11.6. The summed E-state index contributed by atoms with van der Waals surface area (Å²) in [5.41, 5.74) is 0. The molecule has 15 heteroatoms. The molecule has 0 aromatic rings. The van der Waals surface area contributed by atoms with E-state index in [0.29, 0.717) is 0 Å². The molecule has 0 atom stereocenters. The zero-order valence-electron chi connectivity index (χ0n) is 8.45. The second kappa shape index (κ2) is 7.00. The Morgan fingerprint density at radius 2 is 0.737 bits per heavy atom. The first-order chi connectivity index (χ1) is 7.48. The molecule has 0 aliphatic heterocycles. The zero-order valence-corrected chi connectivity index (χ0v) is 9.27. The van der Waals surface area contributed by atoms with Crippen LogP contribution in [0.25, 0.3) is 0 Å². The minimum Gasteiger partial charge on any atom is -0.439 e. The zero-order chi connectivity index (χ0) is 15.6. The van der Waals surface area contributed by atoms with E-state index in [0.717, 1.165) is 0 Å². The molecule has 0 heterocycles. The maximum Gasteiger partial charge on any atom is 1.00 e. The van der Waals surface area contributed by atoms with Crippen molar-refractivity contribution in [1.29, 1.82) is 0 Å². The van der Waals surface area contributed by atoms with E-state index < -0.39 is 35.2 Å². The molecule has 0 unspecified atom stereocenters. The number of rotatable bonds is 1. The van der Waals surface area contributed by atoms with Gasteiger partial charge in [0.2, 0.25) is 0 Å². The van der Waals surface area contributed by atoms with Crippen molar-refractivity contribution >= 4 is 11.0 Å². The first-order valence-electron chi connectivity index (χ1n) is 3.16. The van der Waals surface area contributed by atoms with E-state index in [-0.39, 0.29) is 18.9 Å². The Bertz CT molecular complexity index is 312. The topological polar surface area (TPSA) is 54.4 Å². The smallest absolute Gasteiger partial charge is 0.439 e. The summed E-state index contributed by atoms with van der Waals surface area (Å²) in [6.07, 6.45) is -13.9. The standard InChI is InChI=1S/C4F10.Li.HO3S/c5-1(6,3(9,10)11)2(7,8)4(12,13)14;;1-4(2)3/h;;(H,1,2,3)/q;+1;-1. The number of hydrogen-bond donors (Lipinski definition) is 1. The van der Waals surface area contributed by atoms with Crippen LogP contribution in [0, 0.1) is 0 Å². The maximum absolute atomic E-state index is 11.6. The third-order valence-corrected chi connectivity index (χ3v) is 1.11. The summed E-state index contributed by atoms with van der Waals surface area (Å²) in [6, 6.07) is 0. The molecule has 0 spiro atoms. The van der Waals surface area contributed by atoms with E-state index >= 15 is 0 Å². The van der Waals surface area contributed by atoms with Gasteiger partial charge in [-0.3, -0.25) is 0 Å². The van der Waals surface area contributed by atoms with Gasteiger partial charge in [-0.15, -0.1) is 0 Å². The molecule has 0 aliphatic carbocycles. The Labute approximate surface area is 111 Å². The van der Waals surface area contributed by atoms with Crippen LogP contribution in [0.3, 0.4) is 0 Å². The van der Waals surface area contributed by atoms with Gasteiger partial charge in [-0.2, -0.15) is 43.9 Å². The van der Waals surface area contributed by atoms with Gasteiger partial charge in [-0.25, -0.2) is 0 Å². The van der Waals surface area contributed by atoms with Crippen LogP contribution in [0.5, 0.6) is 0 Å². The minimum absolute atomic E-state index is 0. The second-order valence-electron chi connectivity index (χ2n) is 2.36. The van der Waals surface area contributed by atoms with Crippen molar-refractivity contribution in [3.8, 4) is 0 Å². The van der Waals surface area contributed by atoms with Gasteiger partial charge in [0.25, 0.3) is 0 Å². The van der Waals surface area contributed by atoms with E-state index in [4.69, 9.17) is 13.0 Å². The molecule has 0 radical (unpaired) electrons. The average Bonchev–Trinajstić information content (AvgIpc) is 1.97. The molecule has 3 nitrogen and oxygen atoms in total. The molecule has 0 rings (SSSR count). The van der Waals surface area contributed by atoms with Crippen LogP contribution in [0.1, 0.15) is 0 Å². The van der Waals surface area contributed by atoms with Crippen molar-refractivity contribution in [2.45, 2.75) is 24.2 Å². The molecule has 0 amide bonds. The Kier molecular flexibility index (Phi) is 8.79. The Hall–Kier alpha value is -0.193. The van der Waals surface area contributed by atoms with E-state index in [1.165, 1.54) is 0 Å². The summed E-state index contributed by atoms with van der Waals surface area (Å²) in [6.45, 7) is 0. The van der Waals surface area contributed by atoms with Gasteiger partial charge in [0.1, 0.15) is 0 Å². The van der Waals surface area contributed by atoms with Gasteiger partial charge in [0.05, 0.1) is 0 Å². The second-order valence-corrected chi connectivity index (χ2v) is 2.80. The fourth-order valence-electron chi connectivity index (χ4n) is 0.356. The van der Waals surface area contributed by atoms with Gasteiger partial charge < -0.3 is 13.0 Å². The summed E-state index contributed by atoms with van der Waals surface area (Å²) in [4.78, 5) is 0. The predicted molar refractivity (Wildman–Crippen MR) is 33.4 cm³/mol. The fourth-order valence-corrected chi connectivity index (χ4v) is 0.356. The molecule has 0 saturated carbocycles. The summed E-state index contributed by atoms with van der Waals surface area (Å²) in [5.74, 6) is -14.3. The van der Waals surface area contributed by atoms with Gasteiger partial charge in [0.15, 0.2) is 0 Å². The van der Waals surface area contributed by atoms with Crippen molar-refractivity contribution in [2.24, 2.45) is 0 Å². The van der Waals surface area contributed by atoms with Crippen LogP contribution in [-0.2, 0) is 19.4 Å². The van der Waals surface area contributed by atoms with Crippen LogP contribution < -0.4 is 18.9 Å². The molecule has 0 aromatic heterocycles. The SMILES string of the molecule is FC(F)(F)C(F)(F)C(F)(F)C(F)(F)F.O=[S-](=O)O.[Li+]. The van der Waals surface area contributed by atoms with Gasteiger partial charge in [-0.05, 0) is 0 Å². The first kappa shape index (κ1) is 23.9. The van der Waals surface area contributed by atoms with E-state index in [2.05, 4.69) is 0 Å². The van der Waals surface area contributed by atoms with Crippen molar-refractivity contribution in [3.63, 3.8) is 0 Å². The number of halogens is 10. The quantitative estimate of drug-likeness (QED) is 0.245. The van der Waals surface area contributed by atoms with Gasteiger partial charge in [0, 0.05) is 11.0 Å². The largest absolute Gasteiger partial charge is 1.00 e. The van der Waals surface area contributed by atoms with Crippen molar-refractivity contribution in [1.82, 2.24) is 0 Å². The van der Waals surface area contributed by atoms with Crippen LogP contribution in [0.4, 0.5) is 43.9 Å². The fraction of sp³-hybridized carbons (Fsp3) is 1.00. The molecule has 19 heavy (non-hydrogen) atoms. The first-order valence-corrected chi connectivity index (χ1v) is 4.19. The van der Waals surface area contributed by atoms with Crippen molar-refractivity contribution in [3.05, 3.63) is 0 Å². The summed E-state index contributed by atoms with van der Waals surface area (Å²) in [5, 5.41) is 0. The summed E-state index contributed by atoms with van der Waals surface area (Å²) >= 11 is 0. The normalized spacial score (nSPS) is 13.5. The molecule has 0 aliphatic rings. The van der Waals surface area contributed by atoms with E-state index in [1.807, 2.05) is 0 Å². The Morgan fingerprint density at radius 3 is 0.789 bits per heavy atom. The van der Waals surface area contributed by atoms with Crippen LogP contribution in [-0.4, -0.2) is 28.8 Å². The van der Waals surface area contributed by atoms with Crippen molar-refractivity contribution < 1.29 is 75.7 Å². The van der Waals surface area contributed by atoms with Gasteiger partial charge in [-0.1, -0.05) is 0 Å². The van der Waals surface area contributed by atoms with Crippen molar-refractivity contribution in [2.75, 3.05) is 0 Å². The monoisotopic (exact) mass is 326 g/mol. The Balaban J connectivity index is -0.000000448. The summed E-state index contributed by atoms with van der Waals surface area (Å²) < 4.78 is 137. The van der Waals surface area contributed by atoms with E-state index in [1.54, 1.807) is 0 Å². The molecule has 112 valence electrons. The molecular formula is C4HF10LiO3S. The van der Waals surface area contributed by atoms with Crippen LogP contribution in [0.2, 0.25) is 0 Å². The molecule has 0 fully saturated rings. The number of hydrogen-bond acceptors (Lipinski definition) is 3. The number of alkyl halides is 10. The Morgan fingerprint density at radius 1 is 0.632 bits per heavy atom. The van der Waals surface area contributed by atoms with Crippen LogP contribution >= 0.6 is 0 Å².